The van der Waals surface area contributed by atoms with Crippen LogP contribution in [0.3, 0.4) is 0 Å². The van der Waals surface area contributed by atoms with E-state index in [1.54, 1.807) is 0 Å². The van der Waals surface area contributed by atoms with Gasteiger partial charge in [-0.3, -0.25) is 9.35 Å². The number of carboxylic acid groups (broad SMARTS) is 1. The molecule has 1 heterocycles. The molecule has 0 amide bonds. The second-order valence-corrected chi connectivity index (χ2v) is 12.9. The van der Waals surface area contributed by atoms with Gasteiger partial charge in [-0.25, -0.2) is 0 Å². The fourth-order valence-electron chi connectivity index (χ4n) is 7.41. The molecule has 0 unspecified atom stereocenters. The summed E-state index contributed by atoms with van der Waals surface area (Å²) in [4.78, 5) is 22.8. The van der Waals surface area contributed by atoms with E-state index in [2.05, 4.69) is 29.6 Å². The summed E-state index contributed by atoms with van der Waals surface area (Å²) in [7, 11) is -3.67. The van der Waals surface area contributed by atoms with E-state index in [4.69, 9.17) is 24.2 Å². The lowest BCUT2D eigenvalue weighted by Crippen LogP contribution is -2.59. The first-order valence-electron chi connectivity index (χ1n) is 13.0. The molecule has 0 atom stereocenters. The third-order valence-corrected chi connectivity index (χ3v) is 8.75. The molecule has 3 N–H and O–H groups in total. The second kappa shape index (κ2) is 9.96. The largest absolute Gasteiger partial charge is 0.480 e. The van der Waals surface area contributed by atoms with E-state index >= 15 is 0 Å². The van der Waals surface area contributed by atoms with Crippen LogP contribution in [0.15, 0.2) is 24.3 Å². The van der Waals surface area contributed by atoms with Crippen LogP contribution in [0.25, 0.3) is 0 Å². The summed E-state index contributed by atoms with van der Waals surface area (Å²) in [5.74, 6) is 1.46. The quantitative estimate of drug-likeness (QED) is 0.389. The minimum atomic E-state index is -3.67. The van der Waals surface area contributed by atoms with Crippen molar-refractivity contribution in [1.82, 2.24) is 5.32 Å². The molecular weight excluding hydrogens is 486 g/mol. The molecule has 0 radical (unpaired) electrons. The van der Waals surface area contributed by atoms with E-state index in [1.807, 2.05) is 0 Å². The molecule has 10 heteroatoms. The summed E-state index contributed by atoms with van der Waals surface area (Å²) in [5, 5.41) is 11.7. The molecule has 1 aliphatic heterocycles. The highest BCUT2D eigenvalue weighted by atomic mass is 32.2. The number of carboxylic acids is 1. The third-order valence-electron chi connectivity index (χ3n) is 8.75. The zero-order valence-electron chi connectivity index (χ0n) is 20.7. The van der Waals surface area contributed by atoms with E-state index in [9.17, 15) is 13.2 Å². The number of hydrogen-bond donors (Lipinski definition) is 3. The van der Waals surface area contributed by atoms with Crippen LogP contribution in [0.1, 0.15) is 74.8 Å². The Hall–Kier alpha value is -1.56. The maximum atomic E-state index is 10.6. The molecule has 36 heavy (non-hydrogen) atoms. The number of nitrogens with one attached hydrogen (secondary N) is 1. The van der Waals surface area contributed by atoms with Gasteiger partial charge in [0.15, 0.2) is 0 Å². The minimum absolute atomic E-state index is 0.0148. The molecule has 9 nitrogen and oxygen atoms in total. The van der Waals surface area contributed by atoms with Crippen LogP contribution in [-0.4, -0.2) is 48.4 Å². The summed E-state index contributed by atoms with van der Waals surface area (Å²) in [6.45, 7) is 0.560. The van der Waals surface area contributed by atoms with E-state index in [1.165, 1.54) is 37.7 Å². The Balaban J connectivity index is 0.000000489. The Morgan fingerprint density at radius 2 is 1.56 bits per heavy atom. The predicted molar refractivity (Wildman–Crippen MR) is 130 cm³/mol. The molecular formula is C26H37NO8S. The van der Waals surface area contributed by atoms with Crippen LogP contribution < -0.4 is 5.32 Å². The first-order chi connectivity index (χ1) is 17.0. The van der Waals surface area contributed by atoms with Crippen molar-refractivity contribution < 1.29 is 37.4 Å². The number of hydrogen-bond acceptors (Lipinski definition) is 7. The van der Waals surface area contributed by atoms with E-state index in [0.29, 0.717) is 30.6 Å². The smallest absolute Gasteiger partial charge is 0.317 e. The van der Waals surface area contributed by atoms with Crippen molar-refractivity contribution in [3.05, 3.63) is 35.4 Å². The number of ether oxygens (including phenoxy) is 1. The summed E-state index contributed by atoms with van der Waals surface area (Å²) in [6.07, 6.45) is 11.0. The van der Waals surface area contributed by atoms with Crippen LogP contribution >= 0.6 is 0 Å². The van der Waals surface area contributed by atoms with Gasteiger partial charge in [-0.05, 0) is 73.8 Å². The lowest BCUT2D eigenvalue weighted by molar-refractivity contribution is -0.390. The van der Waals surface area contributed by atoms with Crippen molar-refractivity contribution in [2.24, 2.45) is 23.7 Å². The molecule has 6 fully saturated rings. The summed E-state index contributed by atoms with van der Waals surface area (Å²) >= 11 is 0. The van der Waals surface area contributed by atoms with Crippen molar-refractivity contribution >= 4 is 16.1 Å². The fourth-order valence-corrected chi connectivity index (χ4v) is 7.41. The average molecular weight is 524 g/mol. The Morgan fingerprint density at radius 3 is 2.08 bits per heavy atom. The van der Waals surface area contributed by atoms with Gasteiger partial charge in [-0.1, -0.05) is 24.3 Å². The van der Waals surface area contributed by atoms with E-state index < -0.39 is 27.7 Å². The third kappa shape index (κ3) is 5.63. The van der Waals surface area contributed by atoms with Gasteiger partial charge in [-0.2, -0.15) is 18.2 Å². The van der Waals surface area contributed by atoms with Crippen molar-refractivity contribution in [3.63, 3.8) is 0 Å². The lowest BCUT2D eigenvalue weighted by Gasteiger charge is -2.57. The van der Waals surface area contributed by atoms with Crippen LogP contribution in [0, 0.1) is 23.7 Å². The number of rotatable bonds is 5. The SMILES string of the molecule is CS(=O)(=O)O.O=C(O)CNCc1ccc(C2CCC3(CC2)OOC2(O3)C3CC4CC(C3)CC2C4)cc1. The lowest BCUT2D eigenvalue weighted by atomic mass is 9.53. The second-order valence-electron chi connectivity index (χ2n) is 11.5. The molecule has 5 aliphatic carbocycles. The topological polar surface area (TPSA) is 131 Å². The van der Waals surface area contributed by atoms with Gasteiger partial charge >= 0.3 is 5.97 Å². The maximum Gasteiger partial charge on any atom is 0.317 e. The monoisotopic (exact) mass is 523 g/mol. The van der Waals surface area contributed by atoms with Crippen LogP contribution in [0.2, 0.25) is 0 Å². The standard InChI is InChI=1S/C25H33NO5.CH4O3S/c27-23(28)15-26-14-16-1-3-19(4-2-16)20-5-7-24(8-6-20)29-25(31-30-24)21-10-17-9-18(12-21)13-22(25)11-17;1-5(2,3)4/h1-4,17-18,20-22,26H,5-15H2,(H,27,28);1H3,(H,2,3,4). The number of aliphatic carboxylic acids is 1. The Bertz CT molecular complexity index is 1010. The van der Waals surface area contributed by atoms with Gasteiger partial charge in [0.1, 0.15) is 0 Å². The van der Waals surface area contributed by atoms with Gasteiger partial charge in [0.05, 0.1) is 12.8 Å². The Kier molecular flexibility index (Phi) is 7.21. The van der Waals surface area contributed by atoms with Gasteiger partial charge in [-0.15, -0.1) is 0 Å². The van der Waals surface area contributed by atoms with Crippen LogP contribution in [-0.2, 0) is 36.0 Å². The molecule has 1 aromatic carbocycles. The molecule has 2 spiro atoms. The van der Waals surface area contributed by atoms with Gasteiger partial charge in [0.25, 0.3) is 10.1 Å². The molecule has 1 aromatic rings. The summed E-state index contributed by atoms with van der Waals surface area (Å²) < 4.78 is 32.7. The number of benzene rings is 1. The molecule has 5 saturated carbocycles. The Morgan fingerprint density at radius 1 is 1.00 bits per heavy atom. The van der Waals surface area contributed by atoms with E-state index in [0.717, 1.165) is 43.1 Å². The highest BCUT2D eigenvalue weighted by molar-refractivity contribution is 7.85. The predicted octanol–water partition coefficient (Wildman–Crippen LogP) is 3.85. The fraction of sp³-hybridized carbons (Fsp3) is 0.731. The maximum absolute atomic E-state index is 10.6. The van der Waals surface area contributed by atoms with E-state index in [-0.39, 0.29) is 6.54 Å². The van der Waals surface area contributed by atoms with Crippen molar-refractivity contribution in [2.45, 2.75) is 81.8 Å². The van der Waals surface area contributed by atoms with Gasteiger partial charge < -0.3 is 15.2 Å². The molecule has 1 saturated heterocycles. The zero-order chi connectivity index (χ0) is 25.6. The summed E-state index contributed by atoms with van der Waals surface area (Å²) in [6, 6.07) is 8.58. The molecule has 200 valence electrons. The van der Waals surface area contributed by atoms with Crippen molar-refractivity contribution in [3.8, 4) is 0 Å². The first-order valence-corrected chi connectivity index (χ1v) is 14.9. The highest BCUT2D eigenvalue weighted by Gasteiger charge is 2.66. The Labute approximate surface area is 212 Å². The molecule has 4 bridgehead atoms. The van der Waals surface area contributed by atoms with Crippen molar-refractivity contribution in [2.75, 3.05) is 12.8 Å². The van der Waals surface area contributed by atoms with Crippen LogP contribution in [0.4, 0.5) is 0 Å². The number of carbonyl (C=O) groups is 1. The first kappa shape index (κ1) is 26.1. The minimum Gasteiger partial charge on any atom is -0.480 e. The normalized spacial score (nSPS) is 38.8. The van der Waals surface area contributed by atoms with Gasteiger partial charge in [0.2, 0.25) is 11.6 Å². The van der Waals surface area contributed by atoms with Crippen LogP contribution in [0.5, 0.6) is 0 Å². The summed E-state index contributed by atoms with van der Waals surface area (Å²) in [5.41, 5.74) is 2.46. The molecule has 6 aliphatic rings. The zero-order valence-corrected chi connectivity index (χ0v) is 21.5. The molecule has 0 aromatic heterocycles. The van der Waals surface area contributed by atoms with Crippen molar-refractivity contribution in [1.29, 1.82) is 0 Å². The molecule has 7 rings (SSSR count). The van der Waals surface area contributed by atoms with Gasteiger partial charge in [0, 0.05) is 31.2 Å². The highest BCUT2D eigenvalue weighted by Crippen LogP contribution is 2.64. The average Bonchev–Trinajstić information content (AvgIpc) is 3.17.